The van der Waals surface area contributed by atoms with Crippen molar-refractivity contribution in [3.63, 3.8) is 0 Å². The number of furan rings is 1. The van der Waals surface area contributed by atoms with Gasteiger partial charge in [-0.1, -0.05) is 28.1 Å². The molecule has 0 radical (unpaired) electrons. The summed E-state index contributed by atoms with van der Waals surface area (Å²) < 4.78 is 17.8. The van der Waals surface area contributed by atoms with Crippen LogP contribution in [0.5, 0.6) is 11.6 Å². The Hall–Kier alpha value is -2.80. The van der Waals surface area contributed by atoms with Crippen LogP contribution < -0.4 is 14.8 Å². The lowest BCUT2D eigenvalue weighted by atomic mass is 10.3. The number of hydrogen-bond acceptors (Lipinski definition) is 5. The van der Waals surface area contributed by atoms with Crippen molar-refractivity contribution in [3.05, 3.63) is 76.3 Å². The first-order chi connectivity index (χ1) is 14.2. The summed E-state index contributed by atoms with van der Waals surface area (Å²) in [5, 5.41) is 2.83. The molecule has 4 rings (SSSR count). The van der Waals surface area contributed by atoms with E-state index in [-0.39, 0.29) is 18.3 Å². The first kappa shape index (κ1) is 19.5. The first-order valence-corrected chi connectivity index (χ1v) is 10.3. The van der Waals surface area contributed by atoms with E-state index < -0.39 is 0 Å². The molecule has 7 heteroatoms. The van der Waals surface area contributed by atoms with Crippen molar-refractivity contribution in [1.29, 1.82) is 0 Å². The van der Waals surface area contributed by atoms with Crippen molar-refractivity contribution in [2.75, 3.05) is 6.61 Å². The van der Waals surface area contributed by atoms with Crippen molar-refractivity contribution >= 4 is 21.8 Å². The van der Waals surface area contributed by atoms with Crippen LogP contribution in [0.15, 0.2) is 63.6 Å². The van der Waals surface area contributed by atoms with Crippen LogP contribution in [0, 0.1) is 5.92 Å². The van der Waals surface area contributed by atoms with Crippen LogP contribution in [0.2, 0.25) is 0 Å². The number of nitrogens with zero attached hydrogens (tertiary/aromatic N) is 1. The average molecular weight is 457 g/mol. The lowest BCUT2D eigenvalue weighted by molar-refractivity contribution is 0.0919. The lowest BCUT2D eigenvalue weighted by Crippen LogP contribution is -2.22. The zero-order chi connectivity index (χ0) is 20.1. The smallest absolute Gasteiger partial charge is 0.287 e. The third-order valence-corrected chi connectivity index (χ3v) is 4.97. The summed E-state index contributed by atoms with van der Waals surface area (Å²) in [5.74, 6) is 2.57. The summed E-state index contributed by atoms with van der Waals surface area (Å²) >= 11 is 3.40. The minimum Gasteiger partial charge on any atom is -0.486 e. The minimum atomic E-state index is -0.284. The van der Waals surface area contributed by atoms with Gasteiger partial charge in [-0.25, -0.2) is 4.98 Å². The standard InChI is InChI=1S/C22H21BrN2O4/c23-17-2-1-3-18(10-17)27-14-19-7-8-20(29-19)22(26)25-12-16-6-9-21(24-11-16)28-13-15-4-5-15/h1-3,6-11,15H,4-5,12-14H2,(H,25,26). The highest BCUT2D eigenvalue weighted by Crippen LogP contribution is 2.29. The molecular formula is C22H21BrN2O4. The van der Waals surface area contributed by atoms with Crippen LogP contribution in [0.4, 0.5) is 0 Å². The van der Waals surface area contributed by atoms with E-state index >= 15 is 0 Å². The van der Waals surface area contributed by atoms with E-state index in [0.29, 0.717) is 24.1 Å². The van der Waals surface area contributed by atoms with Gasteiger partial charge in [0.1, 0.15) is 18.1 Å². The first-order valence-electron chi connectivity index (χ1n) is 9.49. The van der Waals surface area contributed by atoms with Crippen LogP contribution in [-0.4, -0.2) is 17.5 Å². The maximum atomic E-state index is 12.3. The van der Waals surface area contributed by atoms with Gasteiger partial charge in [0.15, 0.2) is 5.76 Å². The fourth-order valence-corrected chi connectivity index (χ4v) is 3.03. The zero-order valence-electron chi connectivity index (χ0n) is 15.8. The molecule has 1 aromatic carbocycles. The van der Waals surface area contributed by atoms with Crippen LogP contribution in [0.3, 0.4) is 0 Å². The van der Waals surface area contributed by atoms with Gasteiger partial charge >= 0.3 is 0 Å². The van der Waals surface area contributed by atoms with Crippen LogP contribution in [-0.2, 0) is 13.2 Å². The summed E-state index contributed by atoms with van der Waals surface area (Å²) in [6, 6.07) is 14.6. The maximum Gasteiger partial charge on any atom is 0.287 e. The van der Waals surface area contributed by atoms with Gasteiger partial charge in [-0.3, -0.25) is 4.79 Å². The predicted molar refractivity (Wildman–Crippen MR) is 111 cm³/mol. The highest BCUT2D eigenvalue weighted by Gasteiger charge is 2.22. The van der Waals surface area contributed by atoms with E-state index in [1.807, 2.05) is 36.4 Å². The van der Waals surface area contributed by atoms with Crippen molar-refractivity contribution in [1.82, 2.24) is 10.3 Å². The van der Waals surface area contributed by atoms with Crippen LogP contribution in [0.1, 0.15) is 34.7 Å². The summed E-state index contributed by atoms with van der Waals surface area (Å²) in [4.78, 5) is 16.6. The van der Waals surface area contributed by atoms with Gasteiger partial charge in [-0.2, -0.15) is 0 Å². The van der Waals surface area contributed by atoms with Crippen molar-refractivity contribution in [3.8, 4) is 11.6 Å². The molecule has 3 aromatic rings. The number of halogens is 1. The number of carbonyl (C=O) groups excluding carboxylic acids is 1. The Labute approximate surface area is 177 Å². The molecule has 0 spiro atoms. The number of rotatable bonds is 9. The zero-order valence-corrected chi connectivity index (χ0v) is 17.4. The molecule has 0 atom stereocenters. The molecule has 0 unspecified atom stereocenters. The number of benzene rings is 1. The normalized spacial score (nSPS) is 13.1. The molecule has 0 saturated heterocycles. The molecule has 1 aliphatic rings. The largest absolute Gasteiger partial charge is 0.486 e. The molecule has 1 fully saturated rings. The number of pyridine rings is 1. The topological polar surface area (TPSA) is 73.6 Å². The van der Waals surface area contributed by atoms with Gasteiger partial charge in [-0.15, -0.1) is 0 Å². The van der Waals surface area contributed by atoms with E-state index in [9.17, 15) is 4.79 Å². The highest BCUT2D eigenvalue weighted by atomic mass is 79.9. The molecule has 0 bridgehead atoms. The van der Waals surface area contributed by atoms with Gasteiger partial charge in [0.25, 0.3) is 5.91 Å². The number of nitrogens with one attached hydrogen (secondary N) is 1. The highest BCUT2D eigenvalue weighted by molar-refractivity contribution is 9.10. The van der Waals surface area contributed by atoms with Crippen molar-refractivity contribution in [2.45, 2.75) is 26.0 Å². The maximum absolute atomic E-state index is 12.3. The number of hydrogen-bond donors (Lipinski definition) is 1. The van der Waals surface area contributed by atoms with Gasteiger partial charge in [0, 0.05) is 23.3 Å². The molecule has 0 aliphatic heterocycles. The quantitative estimate of drug-likeness (QED) is 0.503. The summed E-state index contributed by atoms with van der Waals surface area (Å²) in [5.41, 5.74) is 0.891. The predicted octanol–water partition coefficient (Wildman–Crippen LogP) is 4.73. The van der Waals surface area contributed by atoms with Crippen LogP contribution in [0.25, 0.3) is 0 Å². The monoisotopic (exact) mass is 456 g/mol. The third-order valence-electron chi connectivity index (χ3n) is 4.48. The molecular weight excluding hydrogens is 436 g/mol. The number of aromatic nitrogens is 1. The minimum absolute atomic E-state index is 0.246. The number of ether oxygens (including phenoxy) is 2. The van der Waals surface area contributed by atoms with E-state index in [1.54, 1.807) is 18.3 Å². The van der Waals surface area contributed by atoms with Gasteiger partial charge in [-0.05, 0) is 54.7 Å². The fourth-order valence-electron chi connectivity index (χ4n) is 2.65. The second kappa shape index (κ2) is 9.13. The summed E-state index contributed by atoms with van der Waals surface area (Å²) in [6.07, 6.45) is 4.20. The van der Waals surface area contributed by atoms with Crippen LogP contribution >= 0.6 is 15.9 Å². The molecule has 1 aliphatic carbocycles. The molecule has 2 aromatic heterocycles. The Morgan fingerprint density at radius 2 is 2.07 bits per heavy atom. The molecule has 6 nitrogen and oxygen atoms in total. The van der Waals surface area contributed by atoms with Gasteiger partial charge in [0.2, 0.25) is 5.88 Å². The number of amides is 1. The molecule has 2 heterocycles. The summed E-state index contributed by atoms with van der Waals surface area (Å²) in [6.45, 7) is 1.34. The molecule has 1 saturated carbocycles. The average Bonchev–Trinajstić information content (AvgIpc) is 3.45. The van der Waals surface area contributed by atoms with Gasteiger partial charge in [0.05, 0.1) is 6.61 Å². The second-order valence-corrected chi connectivity index (χ2v) is 7.87. The molecule has 150 valence electrons. The SMILES string of the molecule is O=C(NCc1ccc(OCC2CC2)nc1)c1ccc(COc2cccc(Br)c2)o1. The van der Waals surface area contributed by atoms with E-state index in [4.69, 9.17) is 13.9 Å². The summed E-state index contributed by atoms with van der Waals surface area (Å²) in [7, 11) is 0. The Morgan fingerprint density at radius 1 is 1.17 bits per heavy atom. The van der Waals surface area contributed by atoms with E-state index in [1.165, 1.54) is 12.8 Å². The number of carbonyl (C=O) groups is 1. The van der Waals surface area contributed by atoms with Gasteiger partial charge < -0.3 is 19.2 Å². The van der Waals surface area contributed by atoms with E-state index in [0.717, 1.165) is 22.4 Å². The molecule has 29 heavy (non-hydrogen) atoms. The van der Waals surface area contributed by atoms with E-state index in [2.05, 4.69) is 26.2 Å². The van der Waals surface area contributed by atoms with Crippen molar-refractivity contribution in [2.24, 2.45) is 5.92 Å². The third kappa shape index (κ3) is 5.84. The second-order valence-electron chi connectivity index (χ2n) is 6.95. The Morgan fingerprint density at radius 3 is 2.83 bits per heavy atom. The lowest BCUT2D eigenvalue weighted by Gasteiger charge is -2.06. The fraction of sp³-hybridized carbons (Fsp3) is 0.273. The molecule has 1 N–H and O–H groups in total. The Bertz CT molecular complexity index is 967. The molecule has 1 amide bonds. The van der Waals surface area contributed by atoms with Crippen molar-refractivity contribution < 1.29 is 18.7 Å². The Kier molecular flexibility index (Phi) is 6.14. The Balaban J connectivity index is 1.24.